The van der Waals surface area contributed by atoms with Gasteiger partial charge in [-0.3, -0.25) is 19.2 Å². The second-order valence-corrected chi connectivity index (χ2v) is 5.22. The predicted molar refractivity (Wildman–Crippen MR) is 77.3 cm³/mol. The van der Waals surface area contributed by atoms with Crippen LogP contribution in [0.1, 0.15) is 46.0 Å². The molecule has 1 saturated heterocycles. The molecular formula is C14H21N3O6. The van der Waals surface area contributed by atoms with Gasteiger partial charge in [-0.15, -0.1) is 5.06 Å². The first-order valence-electron chi connectivity index (χ1n) is 7.40. The molecule has 1 rings (SSSR count). The number of hydrogen-bond acceptors (Lipinski definition) is 6. The largest absolute Gasteiger partial charge is 0.356 e. The highest BCUT2D eigenvalue weighted by atomic mass is 16.7. The van der Waals surface area contributed by atoms with Crippen molar-refractivity contribution in [3.8, 4) is 0 Å². The molecule has 1 aliphatic heterocycles. The highest BCUT2D eigenvalue weighted by Crippen LogP contribution is 2.13. The Balaban J connectivity index is 2.50. The molecule has 1 fully saturated rings. The van der Waals surface area contributed by atoms with Crippen LogP contribution in [0.3, 0.4) is 0 Å². The van der Waals surface area contributed by atoms with Gasteiger partial charge in [0.15, 0.2) is 0 Å². The normalized spacial score (nSPS) is 15.3. The monoisotopic (exact) mass is 327 g/mol. The van der Waals surface area contributed by atoms with Crippen LogP contribution in [0.15, 0.2) is 0 Å². The number of nitrogens with one attached hydrogen (secondary N) is 2. The molecule has 4 amide bonds. The molecule has 1 heterocycles. The van der Waals surface area contributed by atoms with Gasteiger partial charge in [-0.05, 0) is 19.3 Å². The van der Waals surface area contributed by atoms with Gasteiger partial charge in [-0.2, -0.15) is 0 Å². The number of carbonyl (C=O) groups excluding carboxylic acids is 5. The van der Waals surface area contributed by atoms with E-state index in [0.717, 1.165) is 0 Å². The van der Waals surface area contributed by atoms with E-state index in [1.54, 1.807) is 0 Å². The van der Waals surface area contributed by atoms with Crippen molar-refractivity contribution >= 4 is 29.6 Å². The molecule has 2 N–H and O–H groups in total. The van der Waals surface area contributed by atoms with Gasteiger partial charge in [0.2, 0.25) is 11.8 Å². The van der Waals surface area contributed by atoms with E-state index >= 15 is 0 Å². The maximum Gasteiger partial charge on any atom is 0.355 e. The van der Waals surface area contributed by atoms with Crippen molar-refractivity contribution in [3.63, 3.8) is 0 Å². The number of hydroxylamine groups is 2. The summed E-state index contributed by atoms with van der Waals surface area (Å²) in [4.78, 5) is 61.6. The summed E-state index contributed by atoms with van der Waals surface area (Å²) in [5.74, 6) is -2.57. The molecule has 0 radical (unpaired) electrons. The van der Waals surface area contributed by atoms with Crippen molar-refractivity contribution in [3.05, 3.63) is 0 Å². The van der Waals surface area contributed by atoms with Crippen molar-refractivity contribution in [1.82, 2.24) is 15.7 Å². The summed E-state index contributed by atoms with van der Waals surface area (Å²) in [7, 11) is 0. The van der Waals surface area contributed by atoms with Crippen molar-refractivity contribution in [2.45, 2.75) is 52.0 Å². The van der Waals surface area contributed by atoms with Crippen LogP contribution < -0.4 is 10.6 Å². The van der Waals surface area contributed by atoms with Crippen LogP contribution in [-0.2, 0) is 28.8 Å². The molecule has 1 unspecified atom stereocenters. The van der Waals surface area contributed by atoms with Gasteiger partial charge < -0.3 is 15.5 Å². The van der Waals surface area contributed by atoms with Gasteiger partial charge in [0, 0.05) is 33.2 Å². The number of amides is 4. The molecule has 128 valence electrons. The first-order valence-corrected chi connectivity index (χ1v) is 7.40. The van der Waals surface area contributed by atoms with Gasteiger partial charge in [0.25, 0.3) is 11.8 Å². The lowest BCUT2D eigenvalue weighted by atomic mass is 10.1. The van der Waals surface area contributed by atoms with Crippen LogP contribution in [0.5, 0.6) is 0 Å². The standard InChI is InChI=1S/C14H21N3O6/c1-9(18)15-8-4-3-5-11(16-10(2)19)14(22)23-17-12(20)6-7-13(17)21/h11H,3-8H2,1-2H3,(H,15,18)(H,16,19). The third-order valence-electron chi connectivity index (χ3n) is 3.14. The van der Waals surface area contributed by atoms with E-state index in [0.29, 0.717) is 24.4 Å². The van der Waals surface area contributed by atoms with Gasteiger partial charge in [-0.25, -0.2) is 4.79 Å². The summed E-state index contributed by atoms with van der Waals surface area (Å²) in [6.07, 6.45) is 1.45. The molecule has 0 bridgehead atoms. The Hall–Kier alpha value is -2.45. The molecule has 0 aliphatic carbocycles. The Morgan fingerprint density at radius 1 is 1.09 bits per heavy atom. The van der Waals surface area contributed by atoms with E-state index in [1.165, 1.54) is 13.8 Å². The summed E-state index contributed by atoms with van der Waals surface area (Å²) in [6.45, 7) is 3.12. The number of rotatable bonds is 8. The maximum atomic E-state index is 12.0. The van der Waals surface area contributed by atoms with Gasteiger partial charge in [0.05, 0.1) is 0 Å². The third-order valence-corrected chi connectivity index (χ3v) is 3.14. The average molecular weight is 327 g/mol. The molecule has 23 heavy (non-hydrogen) atoms. The Morgan fingerprint density at radius 3 is 2.22 bits per heavy atom. The van der Waals surface area contributed by atoms with Crippen molar-refractivity contribution < 1.29 is 28.8 Å². The zero-order chi connectivity index (χ0) is 17.4. The summed E-state index contributed by atoms with van der Waals surface area (Å²) in [5.41, 5.74) is 0. The molecule has 1 aliphatic rings. The molecule has 0 aromatic carbocycles. The van der Waals surface area contributed by atoms with E-state index in [2.05, 4.69) is 10.6 Å². The highest BCUT2D eigenvalue weighted by Gasteiger charge is 2.34. The van der Waals surface area contributed by atoms with Gasteiger partial charge in [0.1, 0.15) is 6.04 Å². The summed E-state index contributed by atoms with van der Waals surface area (Å²) >= 11 is 0. The minimum atomic E-state index is -0.953. The minimum absolute atomic E-state index is 0.00757. The third kappa shape index (κ3) is 6.45. The topological polar surface area (TPSA) is 122 Å². The zero-order valence-electron chi connectivity index (χ0n) is 13.2. The van der Waals surface area contributed by atoms with Crippen molar-refractivity contribution in [1.29, 1.82) is 0 Å². The molecule has 0 aromatic heterocycles. The first-order chi connectivity index (χ1) is 10.8. The number of unbranched alkanes of at least 4 members (excludes halogenated alkanes) is 1. The van der Waals surface area contributed by atoms with Crippen LogP contribution in [0.2, 0.25) is 0 Å². The summed E-state index contributed by atoms with van der Waals surface area (Å²) in [6, 6.07) is -0.953. The van der Waals surface area contributed by atoms with Crippen LogP contribution in [0.4, 0.5) is 0 Å². The second kappa shape index (κ2) is 8.86. The number of hydrogen-bond donors (Lipinski definition) is 2. The van der Waals surface area contributed by atoms with E-state index in [4.69, 9.17) is 4.84 Å². The van der Waals surface area contributed by atoms with Crippen LogP contribution in [0, 0.1) is 0 Å². The maximum absolute atomic E-state index is 12.0. The number of carbonyl (C=O) groups is 5. The highest BCUT2D eigenvalue weighted by molar-refractivity contribution is 6.01. The average Bonchev–Trinajstić information content (AvgIpc) is 2.76. The minimum Gasteiger partial charge on any atom is -0.356 e. The van der Waals surface area contributed by atoms with E-state index < -0.39 is 29.7 Å². The lowest BCUT2D eigenvalue weighted by Gasteiger charge is -2.19. The molecular weight excluding hydrogens is 306 g/mol. The van der Waals surface area contributed by atoms with Gasteiger partial charge in [-0.1, -0.05) is 0 Å². The fraction of sp³-hybridized carbons (Fsp3) is 0.643. The van der Waals surface area contributed by atoms with Gasteiger partial charge >= 0.3 is 5.97 Å². The molecule has 1 atom stereocenters. The second-order valence-electron chi connectivity index (χ2n) is 5.22. The molecule has 0 spiro atoms. The zero-order valence-corrected chi connectivity index (χ0v) is 13.2. The predicted octanol–water partition coefficient (Wildman–Crippen LogP) is -0.595. The smallest absolute Gasteiger partial charge is 0.355 e. The molecule has 9 nitrogen and oxygen atoms in total. The molecule has 0 aromatic rings. The SMILES string of the molecule is CC(=O)NCCCCC(NC(C)=O)C(=O)ON1C(=O)CCC1=O. The molecule has 0 saturated carbocycles. The Kier molecular flexibility index (Phi) is 7.17. The Bertz CT molecular complexity index is 489. The lowest BCUT2D eigenvalue weighted by Crippen LogP contribution is -2.44. The van der Waals surface area contributed by atoms with E-state index in [9.17, 15) is 24.0 Å². The first kappa shape index (κ1) is 18.6. The van der Waals surface area contributed by atoms with Crippen LogP contribution in [-0.4, -0.2) is 47.2 Å². The quantitative estimate of drug-likeness (QED) is 0.454. The van der Waals surface area contributed by atoms with E-state index in [-0.39, 0.29) is 25.2 Å². The fourth-order valence-electron chi connectivity index (χ4n) is 2.04. The van der Waals surface area contributed by atoms with Crippen LogP contribution >= 0.6 is 0 Å². The fourth-order valence-corrected chi connectivity index (χ4v) is 2.04. The summed E-state index contributed by atoms with van der Waals surface area (Å²) in [5, 5.41) is 5.51. The van der Waals surface area contributed by atoms with Crippen LogP contribution in [0.25, 0.3) is 0 Å². The van der Waals surface area contributed by atoms with Crippen molar-refractivity contribution in [2.75, 3.05) is 6.54 Å². The Morgan fingerprint density at radius 2 is 1.70 bits per heavy atom. The molecule has 9 heteroatoms. The van der Waals surface area contributed by atoms with E-state index in [1.807, 2.05) is 0 Å². The number of nitrogens with zero attached hydrogens (tertiary/aromatic N) is 1. The number of imide groups is 1. The summed E-state index contributed by atoms with van der Waals surface area (Å²) < 4.78 is 0. The lowest BCUT2D eigenvalue weighted by molar-refractivity contribution is -0.199. The van der Waals surface area contributed by atoms with Crippen molar-refractivity contribution in [2.24, 2.45) is 0 Å². The Labute approximate surface area is 133 Å².